The molecule has 0 radical (unpaired) electrons. The van der Waals surface area contributed by atoms with Gasteiger partial charge in [-0.3, -0.25) is 0 Å². The Balaban J connectivity index is 2.17. The van der Waals surface area contributed by atoms with E-state index in [-0.39, 0.29) is 5.82 Å². The van der Waals surface area contributed by atoms with Crippen molar-refractivity contribution in [3.63, 3.8) is 0 Å². The van der Waals surface area contributed by atoms with Crippen LogP contribution in [0.3, 0.4) is 0 Å². The number of fused-ring (bicyclic) bond motifs is 1. The average molecular weight is 243 g/mol. The van der Waals surface area contributed by atoms with Gasteiger partial charge in [0.15, 0.2) is 0 Å². The third kappa shape index (κ3) is 1.69. The zero-order valence-electron chi connectivity index (χ0n) is 9.64. The van der Waals surface area contributed by atoms with E-state index in [4.69, 9.17) is 4.74 Å². The molecule has 0 aliphatic carbocycles. The number of H-pyrrole nitrogens is 1. The second kappa shape index (κ2) is 4.10. The molecule has 5 heteroatoms. The highest BCUT2D eigenvalue weighted by Gasteiger charge is 2.10. The van der Waals surface area contributed by atoms with Crippen LogP contribution in [0.25, 0.3) is 22.4 Å². The molecule has 90 valence electrons. The lowest BCUT2D eigenvalue weighted by molar-refractivity contribution is 0.398. The number of hydrogen-bond donors (Lipinski definition) is 1. The summed E-state index contributed by atoms with van der Waals surface area (Å²) in [6.07, 6.45) is 1.62. The summed E-state index contributed by atoms with van der Waals surface area (Å²) >= 11 is 0. The Morgan fingerprint density at radius 3 is 2.89 bits per heavy atom. The molecule has 3 aromatic rings. The number of halogens is 1. The first-order valence-corrected chi connectivity index (χ1v) is 5.42. The number of rotatable bonds is 2. The fourth-order valence-corrected chi connectivity index (χ4v) is 1.78. The van der Waals surface area contributed by atoms with E-state index in [1.54, 1.807) is 37.6 Å². The number of imidazole rings is 1. The fourth-order valence-electron chi connectivity index (χ4n) is 1.78. The van der Waals surface area contributed by atoms with Crippen molar-refractivity contribution in [1.82, 2.24) is 15.0 Å². The van der Waals surface area contributed by atoms with Gasteiger partial charge in [-0.05, 0) is 12.1 Å². The second-order valence-corrected chi connectivity index (χ2v) is 3.81. The van der Waals surface area contributed by atoms with Crippen LogP contribution < -0.4 is 4.74 Å². The van der Waals surface area contributed by atoms with Gasteiger partial charge in [-0.15, -0.1) is 0 Å². The molecule has 3 rings (SSSR count). The molecule has 0 aliphatic heterocycles. The first-order valence-electron chi connectivity index (χ1n) is 5.42. The largest absolute Gasteiger partial charge is 0.481 e. The van der Waals surface area contributed by atoms with E-state index in [2.05, 4.69) is 15.0 Å². The van der Waals surface area contributed by atoms with Gasteiger partial charge in [0.25, 0.3) is 0 Å². The average Bonchev–Trinajstić information content (AvgIpc) is 2.81. The lowest BCUT2D eigenvalue weighted by Crippen LogP contribution is -1.85. The Bertz CT molecular complexity index is 708. The molecule has 0 bridgehead atoms. The summed E-state index contributed by atoms with van der Waals surface area (Å²) in [4.78, 5) is 11.4. The maximum Gasteiger partial charge on any atom is 0.215 e. The highest BCUT2D eigenvalue weighted by molar-refractivity contribution is 5.79. The fraction of sp³-hybridized carbons (Fsp3) is 0.0769. The number of pyridine rings is 1. The van der Waals surface area contributed by atoms with Crippen molar-refractivity contribution in [3.8, 4) is 17.3 Å². The molecular formula is C13H10FN3O. The first kappa shape index (κ1) is 10.7. The lowest BCUT2D eigenvalue weighted by Gasteiger charge is -1.96. The van der Waals surface area contributed by atoms with E-state index in [0.717, 1.165) is 5.52 Å². The van der Waals surface area contributed by atoms with E-state index < -0.39 is 0 Å². The Morgan fingerprint density at radius 1 is 1.28 bits per heavy atom. The van der Waals surface area contributed by atoms with Crippen molar-refractivity contribution in [2.24, 2.45) is 0 Å². The van der Waals surface area contributed by atoms with Crippen molar-refractivity contribution in [2.45, 2.75) is 0 Å². The van der Waals surface area contributed by atoms with Gasteiger partial charge in [0, 0.05) is 6.07 Å². The maximum atomic E-state index is 13.6. The third-order valence-electron chi connectivity index (χ3n) is 2.68. The zero-order chi connectivity index (χ0) is 12.5. The van der Waals surface area contributed by atoms with E-state index in [0.29, 0.717) is 22.8 Å². The Morgan fingerprint density at radius 2 is 2.11 bits per heavy atom. The molecule has 0 fully saturated rings. The molecule has 0 unspecified atom stereocenters. The summed E-state index contributed by atoms with van der Waals surface area (Å²) in [6, 6.07) is 8.20. The van der Waals surface area contributed by atoms with Crippen molar-refractivity contribution in [3.05, 3.63) is 42.3 Å². The van der Waals surface area contributed by atoms with E-state index in [9.17, 15) is 4.39 Å². The molecule has 0 amide bonds. The minimum Gasteiger partial charge on any atom is -0.481 e. The van der Waals surface area contributed by atoms with Gasteiger partial charge < -0.3 is 9.72 Å². The number of nitrogens with one attached hydrogen (secondary N) is 1. The van der Waals surface area contributed by atoms with E-state index in [1.165, 1.54) is 6.07 Å². The highest BCUT2D eigenvalue weighted by atomic mass is 19.1. The van der Waals surface area contributed by atoms with E-state index in [1.807, 2.05) is 0 Å². The first-order chi connectivity index (χ1) is 8.78. The summed E-state index contributed by atoms with van der Waals surface area (Å²) in [5, 5.41) is 0. The molecule has 0 saturated heterocycles. The summed E-state index contributed by atoms with van der Waals surface area (Å²) in [6.45, 7) is 0. The molecule has 1 aromatic carbocycles. The molecule has 0 spiro atoms. The summed E-state index contributed by atoms with van der Waals surface area (Å²) in [5.41, 5.74) is 1.88. The van der Waals surface area contributed by atoms with Gasteiger partial charge in [0.05, 0.1) is 29.9 Å². The normalized spacial score (nSPS) is 10.8. The molecule has 0 atom stereocenters. The van der Waals surface area contributed by atoms with Crippen LogP contribution in [-0.4, -0.2) is 22.1 Å². The highest BCUT2D eigenvalue weighted by Crippen LogP contribution is 2.23. The van der Waals surface area contributed by atoms with Gasteiger partial charge in [0.1, 0.15) is 11.6 Å². The summed E-state index contributed by atoms with van der Waals surface area (Å²) < 4.78 is 18.7. The third-order valence-corrected chi connectivity index (χ3v) is 2.68. The SMILES string of the molecule is COc1cc2nc(-c3ccccc3F)[nH]c2cn1. The number of methoxy groups -OCH3 is 1. The van der Waals surface area contributed by atoms with Crippen molar-refractivity contribution in [2.75, 3.05) is 7.11 Å². The van der Waals surface area contributed by atoms with Crippen molar-refractivity contribution in [1.29, 1.82) is 0 Å². The molecular weight excluding hydrogens is 233 g/mol. The van der Waals surface area contributed by atoms with Gasteiger partial charge >= 0.3 is 0 Å². The molecule has 0 saturated carbocycles. The number of ether oxygens (including phenoxy) is 1. The molecule has 4 nitrogen and oxygen atoms in total. The van der Waals surface area contributed by atoms with Gasteiger partial charge in [-0.25, -0.2) is 14.4 Å². The summed E-state index contributed by atoms with van der Waals surface area (Å²) in [5.74, 6) is 0.656. The topological polar surface area (TPSA) is 50.8 Å². The number of aromatic nitrogens is 3. The minimum atomic E-state index is -0.309. The maximum absolute atomic E-state index is 13.6. The standard InChI is InChI=1S/C13H10FN3O/c1-18-12-6-10-11(7-15-12)17-13(16-10)8-4-2-3-5-9(8)14/h2-7H,1H3,(H,16,17). The number of benzene rings is 1. The van der Waals surface area contributed by atoms with Crippen LogP contribution in [0, 0.1) is 5.82 Å². The smallest absolute Gasteiger partial charge is 0.215 e. The molecule has 2 aromatic heterocycles. The predicted molar refractivity (Wildman–Crippen MR) is 65.8 cm³/mol. The van der Waals surface area contributed by atoms with Gasteiger partial charge in [0.2, 0.25) is 5.88 Å². The van der Waals surface area contributed by atoms with Gasteiger partial charge in [-0.1, -0.05) is 12.1 Å². The van der Waals surface area contributed by atoms with Crippen LogP contribution in [0.4, 0.5) is 4.39 Å². The van der Waals surface area contributed by atoms with Crippen LogP contribution >= 0.6 is 0 Å². The zero-order valence-corrected chi connectivity index (χ0v) is 9.64. The molecule has 0 aliphatic rings. The van der Waals surface area contributed by atoms with Crippen LogP contribution in [0.15, 0.2) is 36.5 Å². The Hall–Kier alpha value is -2.43. The Kier molecular flexibility index (Phi) is 2.44. The second-order valence-electron chi connectivity index (χ2n) is 3.81. The lowest BCUT2D eigenvalue weighted by atomic mass is 10.2. The monoisotopic (exact) mass is 243 g/mol. The van der Waals surface area contributed by atoms with Crippen molar-refractivity contribution >= 4 is 11.0 Å². The van der Waals surface area contributed by atoms with Crippen LogP contribution in [0.5, 0.6) is 5.88 Å². The molecule has 1 N–H and O–H groups in total. The number of aromatic amines is 1. The van der Waals surface area contributed by atoms with Gasteiger partial charge in [-0.2, -0.15) is 0 Å². The Labute approximate surface area is 102 Å². The quantitative estimate of drug-likeness (QED) is 0.753. The number of hydrogen-bond acceptors (Lipinski definition) is 3. The number of nitrogens with zero attached hydrogens (tertiary/aromatic N) is 2. The van der Waals surface area contributed by atoms with Crippen LogP contribution in [0.2, 0.25) is 0 Å². The molecule has 18 heavy (non-hydrogen) atoms. The van der Waals surface area contributed by atoms with E-state index >= 15 is 0 Å². The van der Waals surface area contributed by atoms with Crippen LogP contribution in [0.1, 0.15) is 0 Å². The predicted octanol–water partition coefficient (Wildman–Crippen LogP) is 2.77. The van der Waals surface area contributed by atoms with Crippen LogP contribution in [-0.2, 0) is 0 Å². The molecule has 2 heterocycles. The minimum absolute atomic E-state index is 0.309. The summed E-state index contributed by atoms with van der Waals surface area (Å²) in [7, 11) is 1.54. The van der Waals surface area contributed by atoms with Crippen molar-refractivity contribution < 1.29 is 9.13 Å².